The van der Waals surface area contributed by atoms with Crippen LogP contribution in [0.5, 0.6) is 0 Å². The SMILES string of the molecule is CCc1cc(C#N)c(N)c(CC)c1. The van der Waals surface area contributed by atoms with Crippen LogP contribution in [0.15, 0.2) is 12.1 Å². The molecule has 1 rings (SSSR count). The van der Waals surface area contributed by atoms with Crippen LogP contribution in [0.1, 0.15) is 30.5 Å². The zero-order valence-electron chi connectivity index (χ0n) is 8.09. The van der Waals surface area contributed by atoms with Crippen LogP contribution in [0.25, 0.3) is 0 Å². The molecule has 13 heavy (non-hydrogen) atoms. The van der Waals surface area contributed by atoms with Gasteiger partial charge in [0.1, 0.15) is 6.07 Å². The number of nitrogen functional groups attached to an aromatic ring is 1. The van der Waals surface area contributed by atoms with E-state index in [1.54, 1.807) is 0 Å². The van der Waals surface area contributed by atoms with E-state index in [1.807, 2.05) is 13.0 Å². The number of hydrogen-bond donors (Lipinski definition) is 1. The molecule has 2 N–H and O–H groups in total. The molecule has 0 saturated heterocycles. The zero-order chi connectivity index (χ0) is 9.84. The highest BCUT2D eigenvalue weighted by Gasteiger charge is 2.05. The van der Waals surface area contributed by atoms with Crippen molar-refractivity contribution in [1.29, 1.82) is 5.26 Å². The first kappa shape index (κ1) is 9.60. The maximum absolute atomic E-state index is 8.83. The first-order valence-corrected chi connectivity index (χ1v) is 4.54. The summed E-state index contributed by atoms with van der Waals surface area (Å²) in [5, 5.41) is 8.83. The lowest BCUT2D eigenvalue weighted by molar-refractivity contribution is 1.09. The first-order chi connectivity index (χ1) is 6.22. The summed E-state index contributed by atoms with van der Waals surface area (Å²) in [7, 11) is 0. The number of anilines is 1. The number of nitrogens with zero attached hydrogens (tertiary/aromatic N) is 1. The summed E-state index contributed by atoms with van der Waals surface area (Å²) in [6.07, 6.45) is 1.83. The largest absolute Gasteiger partial charge is 0.397 e. The Morgan fingerprint density at radius 2 is 2.00 bits per heavy atom. The van der Waals surface area contributed by atoms with Gasteiger partial charge in [0.15, 0.2) is 0 Å². The highest BCUT2D eigenvalue weighted by Crippen LogP contribution is 2.20. The third-order valence-corrected chi connectivity index (χ3v) is 2.24. The van der Waals surface area contributed by atoms with Crippen molar-refractivity contribution in [2.45, 2.75) is 26.7 Å². The monoisotopic (exact) mass is 174 g/mol. The maximum Gasteiger partial charge on any atom is 0.101 e. The van der Waals surface area contributed by atoms with Gasteiger partial charge in [0.25, 0.3) is 0 Å². The van der Waals surface area contributed by atoms with Gasteiger partial charge >= 0.3 is 0 Å². The van der Waals surface area contributed by atoms with E-state index in [0.29, 0.717) is 11.3 Å². The van der Waals surface area contributed by atoms with E-state index >= 15 is 0 Å². The number of aryl methyl sites for hydroxylation is 2. The van der Waals surface area contributed by atoms with Gasteiger partial charge in [-0.05, 0) is 30.0 Å². The van der Waals surface area contributed by atoms with E-state index < -0.39 is 0 Å². The smallest absolute Gasteiger partial charge is 0.101 e. The van der Waals surface area contributed by atoms with E-state index in [-0.39, 0.29) is 0 Å². The van der Waals surface area contributed by atoms with Crippen LogP contribution >= 0.6 is 0 Å². The van der Waals surface area contributed by atoms with Crippen molar-refractivity contribution in [3.63, 3.8) is 0 Å². The fourth-order valence-corrected chi connectivity index (χ4v) is 1.37. The van der Waals surface area contributed by atoms with Gasteiger partial charge in [-0.15, -0.1) is 0 Å². The van der Waals surface area contributed by atoms with Crippen molar-refractivity contribution in [1.82, 2.24) is 0 Å². The standard InChI is InChI=1S/C11H14N2/c1-3-8-5-9(4-2)11(13)10(6-8)7-12/h5-6H,3-4,13H2,1-2H3. The van der Waals surface area contributed by atoms with E-state index in [2.05, 4.69) is 19.1 Å². The van der Waals surface area contributed by atoms with Crippen LogP contribution < -0.4 is 5.73 Å². The highest BCUT2D eigenvalue weighted by atomic mass is 14.6. The second-order valence-corrected chi connectivity index (χ2v) is 3.04. The molecule has 0 amide bonds. The lowest BCUT2D eigenvalue weighted by Crippen LogP contribution is -1.98. The average molecular weight is 174 g/mol. The Balaban J connectivity index is 3.31. The zero-order valence-corrected chi connectivity index (χ0v) is 8.09. The molecule has 0 aromatic heterocycles. The second-order valence-electron chi connectivity index (χ2n) is 3.04. The van der Waals surface area contributed by atoms with Crippen molar-refractivity contribution < 1.29 is 0 Å². The Morgan fingerprint density at radius 3 is 2.46 bits per heavy atom. The summed E-state index contributed by atoms with van der Waals surface area (Å²) >= 11 is 0. The molecule has 1 aromatic carbocycles. The van der Waals surface area contributed by atoms with Gasteiger partial charge < -0.3 is 5.73 Å². The number of hydrogen-bond acceptors (Lipinski definition) is 2. The summed E-state index contributed by atoms with van der Waals surface area (Å²) in [6, 6.07) is 6.07. The lowest BCUT2D eigenvalue weighted by atomic mass is 10.0. The first-order valence-electron chi connectivity index (χ1n) is 4.54. The molecule has 0 aliphatic heterocycles. The molecule has 0 heterocycles. The van der Waals surface area contributed by atoms with Crippen LogP contribution in [0, 0.1) is 11.3 Å². The molecule has 0 saturated carbocycles. The van der Waals surface area contributed by atoms with Crippen LogP contribution in [0.4, 0.5) is 5.69 Å². The second kappa shape index (κ2) is 3.95. The molecule has 2 nitrogen and oxygen atoms in total. The number of nitriles is 1. The Labute approximate surface area is 79.0 Å². The van der Waals surface area contributed by atoms with Crippen molar-refractivity contribution in [2.24, 2.45) is 0 Å². The summed E-state index contributed by atoms with van der Waals surface area (Å²) in [5.74, 6) is 0. The van der Waals surface area contributed by atoms with Gasteiger partial charge in [-0.25, -0.2) is 0 Å². The quantitative estimate of drug-likeness (QED) is 0.699. The number of rotatable bonds is 2. The summed E-state index contributed by atoms with van der Waals surface area (Å²) in [6.45, 7) is 4.12. The van der Waals surface area contributed by atoms with Gasteiger partial charge in [-0.2, -0.15) is 5.26 Å². The molecule has 1 aromatic rings. The topological polar surface area (TPSA) is 49.8 Å². The predicted molar refractivity (Wildman–Crippen MR) is 54.3 cm³/mol. The third kappa shape index (κ3) is 1.81. The van der Waals surface area contributed by atoms with Gasteiger partial charge in [-0.3, -0.25) is 0 Å². The molecule has 0 aliphatic carbocycles. The summed E-state index contributed by atoms with van der Waals surface area (Å²) < 4.78 is 0. The molecule has 0 spiro atoms. The molecule has 68 valence electrons. The minimum Gasteiger partial charge on any atom is -0.397 e. The minimum atomic E-state index is 0.608. The molecule has 0 aliphatic rings. The minimum absolute atomic E-state index is 0.608. The van der Waals surface area contributed by atoms with Crippen LogP contribution in [0.3, 0.4) is 0 Å². The Morgan fingerprint density at radius 1 is 1.31 bits per heavy atom. The van der Waals surface area contributed by atoms with Gasteiger partial charge in [0.05, 0.1) is 11.3 Å². The van der Waals surface area contributed by atoms with Gasteiger partial charge in [-0.1, -0.05) is 19.9 Å². The predicted octanol–water partition coefficient (Wildman–Crippen LogP) is 2.27. The third-order valence-electron chi connectivity index (χ3n) is 2.24. The maximum atomic E-state index is 8.83. The molecule has 0 bridgehead atoms. The van der Waals surface area contributed by atoms with E-state index in [4.69, 9.17) is 11.0 Å². The Bertz CT molecular complexity index is 348. The molecular weight excluding hydrogens is 160 g/mol. The normalized spacial score (nSPS) is 9.62. The molecule has 0 atom stereocenters. The van der Waals surface area contributed by atoms with E-state index in [0.717, 1.165) is 18.4 Å². The Kier molecular flexibility index (Phi) is 2.92. The van der Waals surface area contributed by atoms with Gasteiger partial charge in [0.2, 0.25) is 0 Å². The molecular formula is C11H14N2. The lowest BCUT2D eigenvalue weighted by Gasteiger charge is -2.07. The number of nitrogens with two attached hydrogens (primary N) is 1. The number of benzene rings is 1. The van der Waals surface area contributed by atoms with E-state index in [1.165, 1.54) is 5.56 Å². The van der Waals surface area contributed by atoms with Crippen LogP contribution in [-0.2, 0) is 12.8 Å². The molecule has 2 heteroatoms. The van der Waals surface area contributed by atoms with Crippen LogP contribution in [0.2, 0.25) is 0 Å². The summed E-state index contributed by atoms with van der Waals surface area (Å²) in [4.78, 5) is 0. The van der Waals surface area contributed by atoms with Crippen molar-refractivity contribution in [3.05, 3.63) is 28.8 Å². The molecule has 0 radical (unpaired) electrons. The average Bonchev–Trinajstić information content (AvgIpc) is 2.18. The fraction of sp³-hybridized carbons (Fsp3) is 0.364. The van der Waals surface area contributed by atoms with Crippen molar-refractivity contribution >= 4 is 5.69 Å². The highest BCUT2D eigenvalue weighted by molar-refractivity contribution is 5.60. The van der Waals surface area contributed by atoms with Crippen LogP contribution in [-0.4, -0.2) is 0 Å². The molecule has 0 unspecified atom stereocenters. The van der Waals surface area contributed by atoms with Gasteiger partial charge in [0, 0.05) is 0 Å². The van der Waals surface area contributed by atoms with E-state index in [9.17, 15) is 0 Å². The fourth-order valence-electron chi connectivity index (χ4n) is 1.37. The van der Waals surface area contributed by atoms with Crippen molar-refractivity contribution in [3.8, 4) is 6.07 Å². The Hall–Kier alpha value is -1.49. The summed E-state index contributed by atoms with van der Waals surface area (Å²) in [5.41, 5.74) is 9.32. The van der Waals surface area contributed by atoms with Crippen molar-refractivity contribution in [2.75, 3.05) is 5.73 Å². The molecule has 0 fully saturated rings.